The molecule has 1 atom stereocenters. The summed E-state index contributed by atoms with van der Waals surface area (Å²) in [5.41, 5.74) is 3.23. The van der Waals surface area contributed by atoms with Gasteiger partial charge in [0.25, 0.3) is 5.91 Å². The molecule has 0 saturated carbocycles. The minimum Gasteiger partial charge on any atom is -0.394 e. The number of carbonyl (C=O) groups excluding carboxylic acids is 1. The summed E-state index contributed by atoms with van der Waals surface area (Å²) >= 11 is 0. The van der Waals surface area contributed by atoms with Crippen LogP contribution in [0.4, 0.5) is 0 Å². The topological polar surface area (TPSA) is 92.0 Å². The van der Waals surface area contributed by atoms with E-state index in [1.54, 1.807) is 4.68 Å². The van der Waals surface area contributed by atoms with Crippen molar-refractivity contribution in [3.8, 4) is 11.4 Å². The first kappa shape index (κ1) is 17.5. The lowest BCUT2D eigenvalue weighted by Gasteiger charge is -2.31. The molecule has 2 N–H and O–H groups in total. The summed E-state index contributed by atoms with van der Waals surface area (Å²) in [6, 6.07) is 7.73. The third-order valence-corrected chi connectivity index (χ3v) is 5.13. The number of piperidine rings is 1. The van der Waals surface area contributed by atoms with Gasteiger partial charge in [-0.25, -0.2) is 0 Å². The van der Waals surface area contributed by atoms with Crippen LogP contribution in [-0.2, 0) is 13.6 Å². The molecule has 3 aromatic rings. The number of likely N-dealkylation sites (tertiary alicyclic amines) is 1. The van der Waals surface area contributed by atoms with E-state index in [-0.39, 0.29) is 18.4 Å². The van der Waals surface area contributed by atoms with Crippen LogP contribution in [0.2, 0.25) is 0 Å². The van der Waals surface area contributed by atoms with Crippen LogP contribution in [0.15, 0.2) is 36.7 Å². The van der Waals surface area contributed by atoms with E-state index < -0.39 is 0 Å². The fraction of sp³-hybridized carbons (Fsp3) is 0.421. The van der Waals surface area contributed by atoms with Crippen LogP contribution < -0.4 is 0 Å². The van der Waals surface area contributed by atoms with Gasteiger partial charge in [0.2, 0.25) is 0 Å². The summed E-state index contributed by atoms with van der Waals surface area (Å²) in [6.07, 6.45) is 5.80. The van der Waals surface area contributed by atoms with E-state index in [0.29, 0.717) is 18.8 Å². The Morgan fingerprint density at radius 1 is 1.37 bits per heavy atom. The maximum Gasteiger partial charge on any atom is 0.271 e. The smallest absolute Gasteiger partial charge is 0.271 e. The van der Waals surface area contributed by atoms with Gasteiger partial charge in [-0.3, -0.25) is 14.6 Å². The van der Waals surface area contributed by atoms with Crippen LogP contribution in [0.1, 0.15) is 34.9 Å². The van der Waals surface area contributed by atoms with Crippen LogP contribution >= 0.6 is 0 Å². The van der Waals surface area contributed by atoms with Crippen LogP contribution in [0.25, 0.3) is 11.4 Å². The van der Waals surface area contributed by atoms with Crippen molar-refractivity contribution in [1.82, 2.24) is 29.4 Å². The predicted octanol–water partition coefficient (Wildman–Crippen LogP) is 1.62. The summed E-state index contributed by atoms with van der Waals surface area (Å²) in [5.74, 6) is 0.195. The molecule has 4 rings (SSSR count). The lowest BCUT2D eigenvalue weighted by Crippen LogP contribution is -2.39. The summed E-state index contributed by atoms with van der Waals surface area (Å²) in [5, 5.41) is 20.8. The monoisotopic (exact) mass is 368 g/mol. The second-order valence-electron chi connectivity index (χ2n) is 6.99. The Labute approximate surface area is 157 Å². The zero-order chi connectivity index (χ0) is 18.8. The number of aliphatic hydroxyl groups is 1. The lowest BCUT2D eigenvalue weighted by atomic mass is 9.95. The van der Waals surface area contributed by atoms with Crippen molar-refractivity contribution in [2.75, 3.05) is 19.7 Å². The van der Waals surface area contributed by atoms with Crippen molar-refractivity contribution in [3.05, 3.63) is 48.0 Å². The maximum atomic E-state index is 12.9. The zero-order valence-electron chi connectivity index (χ0n) is 15.4. The number of rotatable bonds is 5. The quantitative estimate of drug-likeness (QED) is 0.716. The van der Waals surface area contributed by atoms with Gasteiger partial charge in [0.1, 0.15) is 11.4 Å². The van der Waals surface area contributed by atoms with Gasteiger partial charge in [0, 0.05) is 38.4 Å². The second-order valence-corrected chi connectivity index (χ2v) is 6.99. The number of hydrogen-bond donors (Lipinski definition) is 2. The largest absolute Gasteiger partial charge is 0.394 e. The standard InChI is InChI=1S/C19H24N6O2/c1-23-7-3-5-18(23)16-12-17(21-20-16)19(27)24-8-2-4-14(13-24)15-6-9-25(22-15)10-11-26/h3,5-7,9,12,14,26H,2,4,8,10-11,13H2,1H3,(H,20,21). The Balaban J connectivity index is 1.47. The molecule has 1 fully saturated rings. The molecule has 3 aromatic heterocycles. The molecule has 8 heteroatoms. The predicted molar refractivity (Wildman–Crippen MR) is 100 cm³/mol. The highest BCUT2D eigenvalue weighted by Crippen LogP contribution is 2.27. The summed E-state index contributed by atoms with van der Waals surface area (Å²) in [6.45, 7) is 1.95. The van der Waals surface area contributed by atoms with Crippen LogP contribution in [0, 0.1) is 0 Å². The van der Waals surface area contributed by atoms with Gasteiger partial charge in [0.05, 0.1) is 24.5 Å². The molecule has 0 bridgehead atoms. The lowest BCUT2D eigenvalue weighted by molar-refractivity contribution is 0.0699. The summed E-state index contributed by atoms with van der Waals surface area (Å²) < 4.78 is 3.72. The Kier molecular flexibility index (Phi) is 4.81. The highest BCUT2D eigenvalue weighted by atomic mass is 16.3. The molecule has 1 amide bonds. The third kappa shape index (κ3) is 3.52. The molecule has 0 aliphatic carbocycles. The van der Waals surface area contributed by atoms with Crippen LogP contribution in [-0.4, -0.2) is 60.2 Å². The molecule has 0 radical (unpaired) electrons. The Morgan fingerprint density at radius 3 is 3.04 bits per heavy atom. The van der Waals surface area contributed by atoms with Gasteiger partial charge in [-0.1, -0.05) is 0 Å². The fourth-order valence-corrected chi connectivity index (χ4v) is 3.69. The molecular weight excluding hydrogens is 344 g/mol. The number of carbonyl (C=O) groups is 1. The van der Waals surface area contributed by atoms with Gasteiger partial charge in [0.15, 0.2) is 0 Å². The van der Waals surface area contributed by atoms with Gasteiger partial charge in [-0.2, -0.15) is 10.2 Å². The Bertz CT molecular complexity index is 924. The number of aliphatic hydroxyl groups excluding tert-OH is 1. The average molecular weight is 368 g/mol. The Morgan fingerprint density at radius 2 is 2.26 bits per heavy atom. The number of amides is 1. The number of H-pyrrole nitrogens is 1. The average Bonchev–Trinajstić information content (AvgIpc) is 3.42. The molecule has 0 spiro atoms. The number of aryl methyl sites for hydroxylation is 1. The first-order valence-electron chi connectivity index (χ1n) is 9.26. The first-order valence-corrected chi connectivity index (χ1v) is 9.26. The Hall–Kier alpha value is -2.87. The molecular formula is C19H24N6O2. The molecule has 142 valence electrons. The molecule has 4 heterocycles. The molecule has 1 aliphatic rings. The van der Waals surface area contributed by atoms with Crippen molar-refractivity contribution in [1.29, 1.82) is 0 Å². The van der Waals surface area contributed by atoms with Crippen LogP contribution in [0.5, 0.6) is 0 Å². The molecule has 1 unspecified atom stereocenters. The van der Waals surface area contributed by atoms with E-state index in [2.05, 4.69) is 15.3 Å². The minimum atomic E-state index is -0.0255. The second kappa shape index (κ2) is 7.40. The SMILES string of the molecule is Cn1cccc1-c1cc(C(=O)N2CCCC(c3ccn(CCO)n3)C2)[nH]n1. The maximum absolute atomic E-state index is 12.9. The summed E-state index contributed by atoms with van der Waals surface area (Å²) in [4.78, 5) is 14.8. The van der Waals surface area contributed by atoms with Crippen LogP contribution in [0.3, 0.4) is 0 Å². The molecule has 0 aromatic carbocycles. The van der Waals surface area contributed by atoms with E-state index >= 15 is 0 Å². The van der Waals surface area contributed by atoms with E-state index in [0.717, 1.165) is 36.5 Å². The van der Waals surface area contributed by atoms with E-state index in [4.69, 9.17) is 5.11 Å². The summed E-state index contributed by atoms with van der Waals surface area (Å²) in [7, 11) is 1.96. The van der Waals surface area contributed by atoms with Crippen molar-refractivity contribution in [3.63, 3.8) is 0 Å². The normalized spacial score (nSPS) is 17.4. The van der Waals surface area contributed by atoms with E-state index in [9.17, 15) is 4.79 Å². The van der Waals surface area contributed by atoms with E-state index in [1.807, 2.05) is 53.2 Å². The highest BCUT2D eigenvalue weighted by molar-refractivity contribution is 5.93. The number of hydrogen-bond acceptors (Lipinski definition) is 4. The van der Waals surface area contributed by atoms with Gasteiger partial charge in [-0.15, -0.1) is 0 Å². The minimum absolute atomic E-state index is 0.0255. The molecule has 1 saturated heterocycles. The van der Waals surface area contributed by atoms with Gasteiger partial charge >= 0.3 is 0 Å². The van der Waals surface area contributed by atoms with Gasteiger partial charge < -0.3 is 14.6 Å². The molecule has 1 aliphatic heterocycles. The van der Waals surface area contributed by atoms with Crippen molar-refractivity contribution < 1.29 is 9.90 Å². The van der Waals surface area contributed by atoms with Crippen molar-refractivity contribution in [2.24, 2.45) is 7.05 Å². The number of aromatic nitrogens is 5. The number of nitrogens with one attached hydrogen (secondary N) is 1. The highest BCUT2D eigenvalue weighted by Gasteiger charge is 2.28. The zero-order valence-corrected chi connectivity index (χ0v) is 15.4. The fourth-order valence-electron chi connectivity index (χ4n) is 3.69. The van der Waals surface area contributed by atoms with E-state index in [1.165, 1.54) is 0 Å². The third-order valence-electron chi connectivity index (χ3n) is 5.13. The number of nitrogens with zero attached hydrogens (tertiary/aromatic N) is 5. The van der Waals surface area contributed by atoms with Crippen molar-refractivity contribution in [2.45, 2.75) is 25.3 Å². The molecule has 8 nitrogen and oxygen atoms in total. The van der Waals surface area contributed by atoms with Gasteiger partial charge in [-0.05, 0) is 37.1 Å². The first-order chi connectivity index (χ1) is 13.2. The number of aromatic amines is 1. The molecule has 27 heavy (non-hydrogen) atoms. The van der Waals surface area contributed by atoms with Crippen molar-refractivity contribution >= 4 is 5.91 Å².